The Balaban J connectivity index is 1.90. The summed E-state index contributed by atoms with van der Waals surface area (Å²) in [7, 11) is 1.33. The van der Waals surface area contributed by atoms with E-state index in [0.717, 1.165) is 29.5 Å². The molecule has 0 aliphatic carbocycles. The second-order valence-electron chi connectivity index (χ2n) is 7.58. The van der Waals surface area contributed by atoms with Gasteiger partial charge in [-0.2, -0.15) is 0 Å². The van der Waals surface area contributed by atoms with Crippen LogP contribution in [-0.2, 0) is 25.6 Å². The molecule has 0 fully saturated rings. The second-order valence-corrected chi connectivity index (χ2v) is 7.58. The first-order chi connectivity index (χ1) is 14.1. The number of methoxy groups -OCH3 is 1. The molecule has 2 aromatic carbocycles. The summed E-state index contributed by atoms with van der Waals surface area (Å²) in [6.45, 7) is 2.53. The first-order valence-corrected chi connectivity index (χ1v) is 10.0. The van der Waals surface area contributed by atoms with Gasteiger partial charge in [0.05, 0.1) is 19.6 Å². The zero-order chi connectivity index (χ0) is 20.4. The molecule has 4 rings (SSSR count). The Morgan fingerprint density at radius 1 is 1.21 bits per heavy atom. The maximum absolute atomic E-state index is 13.6. The molecule has 2 aromatic rings. The average Bonchev–Trinajstić information content (AvgIpc) is 2.76. The summed E-state index contributed by atoms with van der Waals surface area (Å²) in [6, 6.07) is 14.6. The number of esters is 1. The van der Waals surface area contributed by atoms with E-state index >= 15 is 0 Å². The van der Waals surface area contributed by atoms with E-state index in [1.54, 1.807) is 18.2 Å². The normalized spacial score (nSPS) is 25.3. The fourth-order valence-corrected chi connectivity index (χ4v) is 4.42. The highest BCUT2D eigenvalue weighted by Crippen LogP contribution is 2.54. The van der Waals surface area contributed by atoms with Crippen LogP contribution in [0.2, 0.25) is 0 Å². The van der Waals surface area contributed by atoms with Crippen LogP contribution in [0.3, 0.4) is 0 Å². The predicted molar refractivity (Wildman–Crippen MR) is 107 cm³/mol. The standard InChI is InChI=1S/C24H25FO4/c1-3-4-13-24-22(19-8-6-5-7-17(19)15-28-24)20(14-21(29-24)23(26)27-2)16-9-11-18(25)12-10-16/h5-12,14,20,22H,3-4,13,15H2,1-2H3/t20-,22+,24-/m1/s1. The van der Waals surface area contributed by atoms with Crippen LogP contribution in [0, 0.1) is 5.82 Å². The Labute approximate surface area is 170 Å². The number of ether oxygens (including phenoxy) is 3. The number of rotatable bonds is 5. The minimum Gasteiger partial charge on any atom is -0.463 e. The first kappa shape index (κ1) is 19.6. The van der Waals surface area contributed by atoms with Crippen LogP contribution in [0.15, 0.2) is 60.4 Å². The number of hydrogen-bond acceptors (Lipinski definition) is 4. The van der Waals surface area contributed by atoms with Gasteiger partial charge < -0.3 is 14.2 Å². The van der Waals surface area contributed by atoms with Crippen LogP contribution in [0.25, 0.3) is 0 Å². The number of carbonyl (C=O) groups is 1. The van der Waals surface area contributed by atoms with E-state index in [2.05, 4.69) is 19.1 Å². The van der Waals surface area contributed by atoms with Crippen LogP contribution in [0.4, 0.5) is 4.39 Å². The third kappa shape index (κ3) is 3.55. The van der Waals surface area contributed by atoms with Gasteiger partial charge in [-0.25, -0.2) is 9.18 Å². The van der Waals surface area contributed by atoms with Gasteiger partial charge in [0.15, 0.2) is 0 Å². The maximum Gasteiger partial charge on any atom is 0.373 e. The maximum atomic E-state index is 13.6. The molecular formula is C24H25FO4. The molecular weight excluding hydrogens is 371 g/mol. The highest BCUT2D eigenvalue weighted by molar-refractivity contribution is 5.86. The molecule has 5 heteroatoms. The molecule has 0 N–H and O–H groups in total. The Morgan fingerprint density at radius 3 is 2.69 bits per heavy atom. The Morgan fingerprint density at radius 2 is 1.97 bits per heavy atom. The molecule has 0 unspecified atom stereocenters. The number of hydrogen-bond donors (Lipinski definition) is 0. The SMILES string of the molecule is CCCC[C@]12OCc3ccccc3[C@H]1[C@@H](c1ccc(F)cc1)C=C(C(=O)OC)O2. The van der Waals surface area contributed by atoms with Crippen LogP contribution in [0.5, 0.6) is 0 Å². The number of fused-ring (bicyclic) bond motifs is 3. The predicted octanol–water partition coefficient (Wildman–Crippen LogP) is 5.20. The van der Waals surface area contributed by atoms with Gasteiger partial charge in [-0.15, -0.1) is 0 Å². The van der Waals surface area contributed by atoms with Crippen molar-refractivity contribution in [2.45, 2.75) is 50.4 Å². The summed E-state index contributed by atoms with van der Waals surface area (Å²) in [5.74, 6) is -2.02. The Kier molecular flexibility index (Phi) is 5.41. The number of halogens is 1. The molecule has 0 saturated carbocycles. The van der Waals surface area contributed by atoms with Gasteiger partial charge in [0.2, 0.25) is 11.5 Å². The molecule has 0 aromatic heterocycles. The molecule has 4 nitrogen and oxygen atoms in total. The van der Waals surface area contributed by atoms with Gasteiger partial charge in [0, 0.05) is 12.3 Å². The lowest BCUT2D eigenvalue weighted by atomic mass is 9.70. The van der Waals surface area contributed by atoms with Crippen molar-refractivity contribution < 1.29 is 23.4 Å². The van der Waals surface area contributed by atoms with Gasteiger partial charge in [0.1, 0.15) is 5.82 Å². The van der Waals surface area contributed by atoms with E-state index in [0.29, 0.717) is 13.0 Å². The van der Waals surface area contributed by atoms with Crippen molar-refractivity contribution in [2.75, 3.05) is 7.11 Å². The van der Waals surface area contributed by atoms with Crippen molar-refractivity contribution in [3.8, 4) is 0 Å². The van der Waals surface area contributed by atoms with Gasteiger partial charge in [-0.05, 0) is 41.3 Å². The van der Waals surface area contributed by atoms with Crippen molar-refractivity contribution in [3.05, 3.63) is 82.9 Å². The van der Waals surface area contributed by atoms with Crippen LogP contribution in [0.1, 0.15) is 54.7 Å². The highest BCUT2D eigenvalue weighted by Gasteiger charge is 2.53. The summed E-state index contributed by atoms with van der Waals surface area (Å²) >= 11 is 0. The molecule has 2 aliphatic heterocycles. The molecule has 0 amide bonds. The smallest absolute Gasteiger partial charge is 0.373 e. The summed E-state index contributed by atoms with van der Waals surface area (Å²) < 4.78 is 31.1. The fraction of sp³-hybridized carbons (Fsp3) is 0.375. The summed E-state index contributed by atoms with van der Waals surface area (Å²) in [6.07, 6.45) is 4.30. The van der Waals surface area contributed by atoms with Crippen LogP contribution >= 0.6 is 0 Å². The van der Waals surface area contributed by atoms with E-state index in [1.165, 1.54) is 19.2 Å². The van der Waals surface area contributed by atoms with E-state index in [-0.39, 0.29) is 23.4 Å². The quantitative estimate of drug-likeness (QED) is 0.652. The molecule has 2 heterocycles. The lowest BCUT2D eigenvalue weighted by Crippen LogP contribution is -2.50. The highest BCUT2D eigenvalue weighted by atomic mass is 19.1. The Hall–Kier alpha value is -2.66. The average molecular weight is 396 g/mol. The summed E-state index contributed by atoms with van der Waals surface area (Å²) in [5.41, 5.74) is 3.15. The number of allylic oxidation sites excluding steroid dienone is 1. The lowest BCUT2D eigenvalue weighted by Gasteiger charge is -2.49. The monoisotopic (exact) mass is 396 g/mol. The summed E-state index contributed by atoms with van der Waals surface area (Å²) in [4.78, 5) is 12.4. The minimum atomic E-state index is -0.971. The Bertz CT molecular complexity index is 921. The molecule has 0 spiro atoms. The van der Waals surface area contributed by atoms with Crippen molar-refractivity contribution in [1.82, 2.24) is 0 Å². The number of unbranched alkanes of at least 4 members (excludes halogenated alkanes) is 1. The fourth-order valence-electron chi connectivity index (χ4n) is 4.42. The number of carbonyl (C=O) groups excluding carboxylic acids is 1. The molecule has 0 bridgehead atoms. The van der Waals surface area contributed by atoms with Crippen molar-refractivity contribution in [3.63, 3.8) is 0 Å². The molecule has 3 atom stereocenters. The molecule has 152 valence electrons. The first-order valence-electron chi connectivity index (χ1n) is 10.0. The minimum absolute atomic E-state index is 0.147. The zero-order valence-corrected chi connectivity index (χ0v) is 16.7. The third-order valence-electron chi connectivity index (χ3n) is 5.83. The largest absolute Gasteiger partial charge is 0.463 e. The van der Waals surface area contributed by atoms with Crippen molar-refractivity contribution in [2.24, 2.45) is 0 Å². The van der Waals surface area contributed by atoms with E-state index in [1.807, 2.05) is 12.1 Å². The van der Waals surface area contributed by atoms with Crippen LogP contribution < -0.4 is 0 Å². The van der Waals surface area contributed by atoms with Crippen molar-refractivity contribution in [1.29, 1.82) is 0 Å². The van der Waals surface area contributed by atoms with E-state index in [4.69, 9.17) is 14.2 Å². The van der Waals surface area contributed by atoms with E-state index < -0.39 is 11.8 Å². The van der Waals surface area contributed by atoms with E-state index in [9.17, 15) is 9.18 Å². The van der Waals surface area contributed by atoms with Gasteiger partial charge in [-0.1, -0.05) is 49.7 Å². The second kappa shape index (κ2) is 7.99. The molecule has 2 aliphatic rings. The van der Waals surface area contributed by atoms with Crippen molar-refractivity contribution >= 4 is 5.97 Å². The number of benzene rings is 2. The molecule has 29 heavy (non-hydrogen) atoms. The topological polar surface area (TPSA) is 44.8 Å². The van der Waals surface area contributed by atoms with Gasteiger partial charge in [0.25, 0.3) is 0 Å². The third-order valence-corrected chi connectivity index (χ3v) is 5.83. The van der Waals surface area contributed by atoms with Crippen LogP contribution in [-0.4, -0.2) is 18.9 Å². The van der Waals surface area contributed by atoms with Gasteiger partial charge >= 0.3 is 5.97 Å². The zero-order valence-electron chi connectivity index (χ0n) is 16.7. The summed E-state index contributed by atoms with van der Waals surface area (Å²) in [5, 5.41) is 0. The van der Waals surface area contributed by atoms with Gasteiger partial charge in [-0.3, -0.25) is 0 Å². The lowest BCUT2D eigenvalue weighted by molar-refractivity contribution is -0.259. The molecule has 0 radical (unpaired) electrons. The molecule has 0 saturated heterocycles.